The van der Waals surface area contributed by atoms with Crippen molar-refractivity contribution < 1.29 is 4.79 Å². The predicted molar refractivity (Wildman–Crippen MR) is 86.2 cm³/mol. The van der Waals surface area contributed by atoms with Gasteiger partial charge in [0.1, 0.15) is 6.04 Å². The first-order valence-corrected chi connectivity index (χ1v) is 7.29. The minimum atomic E-state index is -0.691. The number of rotatable bonds is 4. The van der Waals surface area contributed by atoms with Gasteiger partial charge in [-0.1, -0.05) is 41.4 Å². The minimum absolute atomic E-state index is 0.501. The fourth-order valence-electron chi connectivity index (χ4n) is 1.74. The molecule has 0 fully saturated rings. The van der Waals surface area contributed by atoms with Crippen LogP contribution in [0.1, 0.15) is 11.6 Å². The maximum Gasteiger partial charge on any atom is 0.244 e. The molecule has 0 aliphatic rings. The van der Waals surface area contributed by atoms with Crippen molar-refractivity contribution in [2.75, 3.05) is 5.32 Å². The Morgan fingerprint density at radius 3 is 2.45 bits per heavy atom. The lowest BCUT2D eigenvalue weighted by Crippen LogP contribution is -2.27. The van der Waals surface area contributed by atoms with Crippen LogP contribution in [0.5, 0.6) is 0 Å². The van der Waals surface area contributed by atoms with Gasteiger partial charge in [0.05, 0.1) is 15.7 Å². The molecule has 2 aromatic rings. The highest BCUT2D eigenvalue weighted by molar-refractivity contribution is 9.10. The Bertz CT molecular complexity index is 649. The predicted octanol–water partition coefficient (Wildman–Crippen LogP) is 4.39. The smallest absolute Gasteiger partial charge is 0.244 e. The first-order chi connectivity index (χ1) is 9.49. The van der Waals surface area contributed by atoms with Gasteiger partial charge in [0.15, 0.2) is 0 Å². The summed E-state index contributed by atoms with van der Waals surface area (Å²) in [5, 5.41) is 4.12. The highest BCUT2D eigenvalue weighted by Crippen LogP contribution is 2.29. The van der Waals surface area contributed by atoms with Gasteiger partial charge in [0.25, 0.3) is 0 Å². The molecule has 0 spiro atoms. The number of amides is 1. The Kier molecular flexibility index (Phi) is 4.91. The van der Waals surface area contributed by atoms with Gasteiger partial charge in [-0.3, -0.25) is 4.79 Å². The molecular formula is C14H11BrCl2N2O. The lowest BCUT2D eigenvalue weighted by Gasteiger charge is -2.18. The molecule has 104 valence electrons. The summed E-state index contributed by atoms with van der Waals surface area (Å²) in [5.74, 6) is -0.501. The molecule has 2 rings (SSSR count). The highest BCUT2D eigenvalue weighted by atomic mass is 79.9. The van der Waals surface area contributed by atoms with E-state index in [1.807, 2.05) is 12.1 Å². The van der Waals surface area contributed by atoms with Gasteiger partial charge in [-0.15, -0.1) is 0 Å². The second-order valence-corrected chi connectivity index (χ2v) is 5.80. The topological polar surface area (TPSA) is 55.1 Å². The van der Waals surface area contributed by atoms with Crippen molar-refractivity contribution in [2.24, 2.45) is 5.73 Å². The molecule has 1 amide bonds. The summed E-state index contributed by atoms with van der Waals surface area (Å²) in [6.45, 7) is 0. The molecule has 20 heavy (non-hydrogen) atoms. The zero-order chi connectivity index (χ0) is 14.7. The third-order valence-electron chi connectivity index (χ3n) is 2.74. The second-order valence-electron chi connectivity index (χ2n) is 4.13. The monoisotopic (exact) mass is 372 g/mol. The lowest BCUT2D eigenvalue weighted by molar-refractivity contribution is -0.118. The number of primary amides is 1. The molecule has 3 nitrogen and oxygen atoms in total. The van der Waals surface area contributed by atoms with Crippen molar-refractivity contribution in [1.82, 2.24) is 0 Å². The molecule has 0 aliphatic heterocycles. The van der Waals surface area contributed by atoms with E-state index in [2.05, 4.69) is 21.2 Å². The largest absolute Gasteiger partial charge is 0.369 e. The van der Waals surface area contributed by atoms with Crippen molar-refractivity contribution in [3.8, 4) is 0 Å². The molecule has 1 atom stereocenters. The summed E-state index contributed by atoms with van der Waals surface area (Å²) in [6.07, 6.45) is 0. The molecule has 2 aromatic carbocycles. The molecule has 0 aliphatic carbocycles. The number of carbonyl (C=O) groups excluding carboxylic acids is 1. The molecule has 0 radical (unpaired) electrons. The standard InChI is InChI=1S/C14H11BrCl2N2O/c15-9-7-8(5-6-10(9)16)13(14(18)20)19-12-4-2-1-3-11(12)17/h1-7,13,19H,(H2,18,20). The normalized spacial score (nSPS) is 11.9. The van der Waals surface area contributed by atoms with E-state index in [1.165, 1.54) is 0 Å². The van der Waals surface area contributed by atoms with Crippen LogP contribution in [0.2, 0.25) is 10.0 Å². The summed E-state index contributed by atoms with van der Waals surface area (Å²) in [5.41, 5.74) is 6.81. The fourth-order valence-corrected chi connectivity index (χ4v) is 2.45. The van der Waals surface area contributed by atoms with Gasteiger partial charge in [-0.2, -0.15) is 0 Å². The average molecular weight is 374 g/mol. The Morgan fingerprint density at radius 2 is 1.85 bits per heavy atom. The van der Waals surface area contributed by atoms with Gasteiger partial charge in [-0.25, -0.2) is 0 Å². The van der Waals surface area contributed by atoms with E-state index in [1.54, 1.807) is 30.3 Å². The van der Waals surface area contributed by atoms with Crippen LogP contribution in [0.25, 0.3) is 0 Å². The van der Waals surface area contributed by atoms with E-state index in [9.17, 15) is 4.79 Å². The number of nitrogens with one attached hydrogen (secondary N) is 1. The number of carbonyl (C=O) groups is 1. The molecule has 0 aromatic heterocycles. The van der Waals surface area contributed by atoms with E-state index < -0.39 is 11.9 Å². The molecule has 3 N–H and O–H groups in total. The average Bonchev–Trinajstić information content (AvgIpc) is 2.41. The SMILES string of the molecule is NC(=O)C(Nc1ccccc1Cl)c1ccc(Cl)c(Br)c1. The number of benzene rings is 2. The zero-order valence-corrected chi connectivity index (χ0v) is 13.3. The Balaban J connectivity index is 2.34. The molecule has 1 unspecified atom stereocenters. The van der Waals surface area contributed by atoms with E-state index >= 15 is 0 Å². The third kappa shape index (κ3) is 3.45. The third-order valence-corrected chi connectivity index (χ3v) is 4.28. The first-order valence-electron chi connectivity index (χ1n) is 5.74. The van der Waals surface area contributed by atoms with Crippen molar-refractivity contribution in [3.05, 3.63) is 62.5 Å². The van der Waals surface area contributed by atoms with Crippen molar-refractivity contribution >= 4 is 50.7 Å². The van der Waals surface area contributed by atoms with Crippen LogP contribution in [0.15, 0.2) is 46.9 Å². The molecule has 0 bridgehead atoms. The van der Waals surface area contributed by atoms with E-state index in [4.69, 9.17) is 28.9 Å². The van der Waals surface area contributed by atoms with E-state index in [0.717, 1.165) is 0 Å². The van der Waals surface area contributed by atoms with Crippen molar-refractivity contribution in [3.63, 3.8) is 0 Å². The number of nitrogens with two attached hydrogens (primary N) is 1. The Hall–Kier alpha value is -1.23. The summed E-state index contributed by atoms with van der Waals surface area (Å²) < 4.78 is 0.698. The number of anilines is 1. The molecule has 6 heteroatoms. The fraction of sp³-hybridized carbons (Fsp3) is 0.0714. The Morgan fingerprint density at radius 1 is 1.15 bits per heavy atom. The van der Waals surface area contributed by atoms with Gasteiger partial charge in [0, 0.05) is 4.47 Å². The van der Waals surface area contributed by atoms with Gasteiger partial charge in [-0.05, 0) is 45.8 Å². The molecule has 0 saturated heterocycles. The van der Waals surface area contributed by atoms with Crippen LogP contribution in [0.4, 0.5) is 5.69 Å². The Labute approximate surface area is 135 Å². The maximum absolute atomic E-state index is 11.7. The maximum atomic E-state index is 11.7. The number of hydrogen-bond acceptors (Lipinski definition) is 2. The summed E-state index contributed by atoms with van der Waals surface area (Å²) >= 11 is 15.3. The summed E-state index contributed by atoms with van der Waals surface area (Å²) in [4.78, 5) is 11.7. The summed E-state index contributed by atoms with van der Waals surface area (Å²) in [7, 11) is 0. The number of halogens is 3. The van der Waals surface area contributed by atoms with E-state index in [0.29, 0.717) is 25.8 Å². The van der Waals surface area contributed by atoms with Gasteiger partial charge >= 0.3 is 0 Å². The second kappa shape index (κ2) is 6.48. The lowest BCUT2D eigenvalue weighted by atomic mass is 10.1. The number of para-hydroxylation sites is 1. The van der Waals surface area contributed by atoms with E-state index in [-0.39, 0.29) is 0 Å². The minimum Gasteiger partial charge on any atom is -0.369 e. The van der Waals surface area contributed by atoms with Crippen LogP contribution in [0, 0.1) is 0 Å². The number of hydrogen-bond donors (Lipinski definition) is 2. The van der Waals surface area contributed by atoms with Gasteiger partial charge < -0.3 is 11.1 Å². The van der Waals surface area contributed by atoms with Crippen LogP contribution < -0.4 is 11.1 Å². The van der Waals surface area contributed by atoms with Crippen molar-refractivity contribution in [1.29, 1.82) is 0 Å². The molecular weight excluding hydrogens is 363 g/mol. The van der Waals surface area contributed by atoms with Crippen LogP contribution in [-0.2, 0) is 4.79 Å². The highest BCUT2D eigenvalue weighted by Gasteiger charge is 2.19. The van der Waals surface area contributed by atoms with Crippen LogP contribution >= 0.6 is 39.1 Å². The van der Waals surface area contributed by atoms with Crippen molar-refractivity contribution in [2.45, 2.75) is 6.04 Å². The molecule has 0 heterocycles. The van der Waals surface area contributed by atoms with Gasteiger partial charge in [0.2, 0.25) is 5.91 Å². The first kappa shape index (κ1) is 15.2. The summed E-state index contributed by atoms with van der Waals surface area (Å²) in [6, 6.07) is 11.7. The van der Waals surface area contributed by atoms with Crippen LogP contribution in [-0.4, -0.2) is 5.91 Å². The van der Waals surface area contributed by atoms with Crippen LogP contribution in [0.3, 0.4) is 0 Å². The molecule has 0 saturated carbocycles. The quantitative estimate of drug-likeness (QED) is 0.834. The zero-order valence-electron chi connectivity index (χ0n) is 10.2.